The molecule has 0 saturated carbocycles. The molecule has 1 aliphatic heterocycles. The third-order valence-corrected chi connectivity index (χ3v) is 3.19. The van der Waals surface area contributed by atoms with Crippen molar-refractivity contribution in [3.63, 3.8) is 0 Å². The average molecular weight is 271 g/mol. The van der Waals surface area contributed by atoms with E-state index in [0.29, 0.717) is 41.4 Å². The molecule has 1 saturated heterocycles. The maximum Gasteiger partial charge on any atom is 0.227 e. The summed E-state index contributed by atoms with van der Waals surface area (Å²) in [6.45, 7) is 7.67. The monoisotopic (exact) mass is 271 g/mol. The van der Waals surface area contributed by atoms with Gasteiger partial charge in [-0.2, -0.15) is 0 Å². The zero-order valence-electron chi connectivity index (χ0n) is 11.2. The number of benzene rings is 1. The van der Waals surface area contributed by atoms with E-state index in [1.807, 2.05) is 0 Å². The molecule has 0 spiro atoms. The number of nitrogens with zero attached hydrogens (tertiary/aromatic N) is 3. The van der Waals surface area contributed by atoms with E-state index in [1.54, 1.807) is 17.0 Å². The quantitative estimate of drug-likeness (QED) is 0.496. The van der Waals surface area contributed by atoms with Gasteiger partial charge in [0.25, 0.3) is 0 Å². The number of hydrogen-bond acceptors (Lipinski definition) is 4. The van der Waals surface area contributed by atoms with Crippen LogP contribution in [-0.2, 0) is 4.79 Å². The molecule has 4 N–H and O–H groups in total. The fraction of sp³-hybridized carbons (Fsp3) is 0.214. The van der Waals surface area contributed by atoms with E-state index >= 15 is 0 Å². The highest BCUT2D eigenvalue weighted by molar-refractivity contribution is 6.09. The lowest BCUT2D eigenvalue weighted by atomic mass is 10.1. The number of amidine groups is 1. The summed E-state index contributed by atoms with van der Waals surface area (Å²) in [7, 11) is 0. The summed E-state index contributed by atoms with van der Waals surface area (Å²) < 4.78 is 0. The van der Waals surface area contributed by atoms with Gasteiger partial charge in [-0.3, -0.25) is 4.79 Å². The van der Waals surface area contributed by atoms with Gasteiger partial charge in [0.2, 0.25) is 5.91 Å². The molecule has 1 fully saturated rings. The molecule has 1 heterocycles. The minimum atomic E-state index is 0.0777. The minimum absolute atomic E-state index is 0.0777. The van der Waals surface area contributed by atoms with Crippen LogP contribution in [0.25, 0.3) is 0 Å². The topological polar surface area (TPSA) is 97.1 Å². The van der Waals surface area contributed by atoms with E-state index in [-0.39, 0.29) is 5.91 Å². The van der Waals surface area contributed by atoms with Crippen LogP contribution in [0, 0.1) is 0 Å². The molecule has 0 bridgehead atoms. The van der Waals surface area contributed by atoms with Gasteiger partial charge in [0.1, 0.15) is 0 Å². The number of nitrogen functional groups attached to an aromatic ring is 2. The van der Waals surface area contributed by atoms with Crippen LogP contribution in [-0.4, -0.2) is 25.0 Å². The maximum atomic E-state index is 11.8. The molecule has 104 valence electrons. The molecule has 1 amide bonds. The highest BCUT2D eigenvalue weighted by Crippen LogP contribution is 2.30. The van der Waals surface area contributed by atoms with Gasteiger partial charge in [-0.05, 0) is 25.3 Å². The number of rotatable bonds is 3. The minimum Gasteiger partial charge on any atom is -0.397 e. The first-order valence-electron chi connectivity index (χ1n) is 6.23. The number of hydrogen-bond donors (Lipinski definition) is 2. The number of carbonyl (C=O) groups is 1. The number of anilines is 3. The summed E-state index contributed by atoms with van der Waals surface area (Å²) in [6.07, 6.45) is 2.74. The normalized spacial score (nSPS) is 15.5. The highest BCUT2D eigenvalue weighted by atomic mass is 16.2. The Kier molecular flexibility index (Phi) is 3.84. The molecule has 0 radical (unpaired) electrons. The van der Waals surface area contributed by atoms with E-state index in [1.165, 1.54) is 6.20 Å². The lowest BCUT2D eigenvalue weighted by Crippen LogP contribution is -2.24. The Balaban J connectivity index is 2.55. The fourth-order valence-electron chi connectivity index (χ4n) is 2.20. The van der Waals surface area contributed by atoms with Gasteiger partial charge >= 0.3 is 0 Å². The first-order chi connectivity index (χ1) is 9.58. The van der Waals surface area contributed by atoms with Crippen LogP contribution in [0.4, 0.5) is 17.1 Å². The Labute approximate surface area is 117 Å². The Bertz CT molecular complexity index is 606. The Morgan fingerprint density at radius 1 is 1.40 bits per heavy atom. The van der Waals surface area contributed by atoms with E-state index in [9.17, 15) is 4.79 Å². The lowest BCUT2D eigenvalue weighted by molar-refractivity contribution is -0.117. The van der Waals surface area contributed by atoms with Gasteiger partial charge in [0.05, 0.1) is 11.4 Å². The van der Waals surface area contributed by atoms with Crippen LogP contribution in [0.15, 0.2) is 34.9 Å². The molecular formula is C14H17N5O. The van der Waals surface area contributed by atoms with Gasteiger partial charge in [-0.15, -0.1) is 0 Å². The molecule has 6 heteroatoms. The molecule has 0 unspecified atom stereocenters. The van der Waals surface area contributed by atoms with E-state index < -0.39 is 0 Å². The van der Waals surface area contributed by atoms with E-state index in [4.69, 9.17) is 11.5 Å². The molecule has 1 aromatic carbocycles. The summed E-state index contributed by atoms with van der Waals surface area (Å²) in [5.74, 6) is 0.409. The lowest BCUT2D eigenvalue weighted by Gasteiger charge is -2.19. The second-order valence-corrected chi connectivity index (χ2v) is 4.44. The molecule has 1 aliphatic rings. The third kappa shape index (κ3) is 2.40. The van der Waals surface area contributed by atoms with Crippen LogP contribution in [0.3, 0.4) is 0 Å². The highest BCUT2D eigenvalue weighted by Gasteiger charge is 2.23. The number of nitrogens with two attached hydrogens (primary N) is 2. The Morgan fingerprint density at radius 3 is 2.70 bits per heavy atom. The van der Waals surface area contributed by atoms with Crippen LogP contribution < -0.4 is 16.4 Å². The summed E-state index contributed by atoms with van der Waals surface area (Å²) in [5, 5.41) is 0. The summed E-state index contributed by atoms with van der Waals surface area (Å²) in [6, 6.07) is 3.45. The van der Waals surface area contributed by atoms with Crippen molar-refractivity contribution in [2.24, 2.45) is 9.98 Å². The van der Waals surface area contributed by atoms with Crippen LogP contribution >= 0.6 is 0 Å². The average Bonchev–Trinajstić information content (AvgIpc) is 2.85. The fourth-order valence-corrected chi connectivity index (χ4v) is 2.20. The predicted octanol–water partition coefficient (Wildman–Crippen LogP) is 1.57. The van der Waals surface area contributed by atoms with Gasteiger partial charge < -0.3 is 16.4 Å². The maximum absolute atomic E-state index is 11.8. The molecule has 20 heavy (non-hydrogen) atoms. The Morgan fingerprint density at radius 2 is 2.15 bits per heavy atom. The molecule has 0 aromatic heterocycles. The van der Waals surface area contributed by atoms with Crippen LogP contribution in [0.2, 0.25) is 0 Å². The molecule has 6 nitrogen and oxygen atoms in total. The smallest absolute Gasteiger partial charge is 0.227 e. The summed E-state index contributed by atoms with van der Waals surface area (Å²) >= 11 is 0. The van der Waals surface area contributed by atoms with Crippen molar-refractivity contribution < 1.29 is 4.79 Å². The first kappa shape index (κ1) is 13.8. The molecule has 2 rings (SSSR count). The SMILES string of the molecule is C=CN=C(N=C)c1cc(N2CCCC2=O)cc(N)c1N. The van der Waals surface area contributed by atoms with Crippen LogP contribution in [0.1, 0.15) is 18.4 Å². The standard InChI is InChI=1S/C14H17N5O/c1-3-18-14(17-2)10-7-9(8-11(15)13(10)16)19-6-4-5-12(19)20/h3,7-8H,1-2,4-6,15-16H2. The Hall–Kier alpha value is -2.63. The van der Waals surface area contributed by atoms with Crippen molar-refractivity contribution in [2.75, 3.05) is 22.9 Å². The zero-order chi connectivity index (χ0) is 14.7. The van der Waals surface area contributed by atoms with Crippen molar-refractivity contribution in [2.45, 2.75) is 12.8 Å². The number of carbonyl (C=O) groups excluding carboxylic acids is 1. The van der Waals surface area contributed by atoms with Crippen molar-refractivity contribution >= 4 is 35.5 Å². The van der Waals surface area contributed by atoms with Gasteiger partial charge in [0.15, 0.2) is 5.84 Å². The van der Waals surface area contributed by atoms with Gasteiger partial charge in [0, 0.05) is 30.4 Å². The molecular weight excluding hydrogens is 254 g/mol. The summed E-state index contributed by atoms with van der Waals surface area (Å²) in [5.41, 5.74) is 13.9. The zero-order valence-corrected chi connectivity index (χ0v) is 11.2. The largest absolute Gasteiger partial charge is 0.397 e. The van der Waals surface area contributed by atoms with Gasteiger partial charge in [-0.1, -0.05) is 6.58 Å². The summed E-state index contributed by atoms with van der Waals surface area (Å²) in [4.78, 5) is 21.3. The van der Waals surface area contributed by atoms with Crippen molar-refractivity contribution in [1.29, 1.82) is 0 Å². The predicted molar refractivity (Wildman–Crippen MR) is 83.1 cm³/mol. The van der Waals surface area contributed by atoms with Crippen molar-refractivity contribution in [1.82, 2.24) is 0 Å². The van der Waals surface area contributed by atoms with E-state index in [0.717, 1.165) is 6.42 Å². The van der Waals surface area contributed by atoms with Gasteiger partial charge in [-0.25, -0.2) is 9.98 Å². The number of amides is 1. The third-order valence-electron chi connectivity index (χ3n) is 3.19. The first-order valence-corrected chi connectivity index (χ1v) is 6.23. The second kappa shape index (κ2) is 5.56. The number of aliphatic imine (C=N–C) groups is 2. The molecule has 1 aromatic rings. The van der Waals surface area contributed by atoms with Crippen molar-refractivity contribution in [3.8, 4) is 0 Å². The van der Waals surface area contributed by atoms with E-state index in [2.05, 4.69) is 23.3 Å². The van der Waals surface area contributed by atoms with Crippen LogP contribution in [0.5, 0.6) is 0 Å². The molecule has 0 aliphatic carbocycles. The van der Waals surface area contributed by atoms with Crippen molar-refractivity contribution in [3.05, 3.63) is 30.5 Å². The molecule has 0 atom stereocenters. The second-order valence-electron chi connectivity index (χ2n) is 4.44.